The highest BCUT2D eigenvalue weighted by Crippen LogP contribution is 2.25. The lowest BCUT2D eigenvalue weighted by atomic mass is 9.90. The van der Waals surface area contributed by atoms with Gasteiger partial charge in [-0.3, -0.25) is 4.79 Å². The molecule has 1 rings (SSSR count). The smallest absolute Gasteiger partial charge is 0.220 e. The first kappa shape index (κ1) is 14.3. The fourth-order valence-corrected chi connectivity index (χ4v) is 1.84. The van der Waals surface area contributed by atoms with E-state index in [0.29, 0.717) is 0 Å². The van der Waals surface area contributed by atoms with E-state index < -0.39 is 49.0 Å². The summed E-state index contributed by atoms with van der Waals surface area (Å²) in [5.41, 5.74) is 5.09. The summed E-state index contributed by atoms with van der Waals surface area (Å²) in [6.07, 6.45) is -5.77. The van der Waals surface area contributed by atoms with E-state index in [9.17, 15) is 20.1 Å². The first-order valence-corrected chi connectivity index (χ1v) is 5.48. The molecule has 0 saturated carbocycles. The normalized spacial score (nSPS) is 39.9. The van der Waals surface area contributed by atoms with Crippen LogP contribution in [0.3, 0.4) is 0 Å². The molecule has 6 unspecified atom stereocenters. The average Bonchev–Trinajstić information content (AvgIpc) is 2.29. The number of ether oxygens (including phenoxy) is 1. The van der Waals surface area contributed by atoms with Crippen LogP contribution in [0.1, 0.15) is 13.3 Å². The summed E-state index contributed by atoms with van der Waals surface area (Å²) >= 11 is 0. The summed E-state index contributed by atoms with van der Waals surface area (Å²) in [6.45, 7) is 1.09. The Labute approximate surface area is 98.8 Å². The monoisotopic (exact) mass is 249 g/mol. The highest BCUT2D eigenvalue weighted by Gasteiger charge is 2.43. The molecular formula is C10H19NO6. The topological polar surface area (TPSA) is 133 Å². The molecule has 0 bridgehead atoms. The van der Waals surface area contributed by atoms with Crippen LogP contribution in [0.25, 0.3) is 0 Å². The number of amides is 1. The lowest BCUT2D eigenvalue weighted by Gasteiger charge is -2.40. The lowest BCUT2D eigenvalue weighted by molar-refractivity contribution is -0.232. The molecule has 1 amide bonds. The van der Waals surface area contributed by atoms with Crippen molar-refractivity contribution in [2.45, 2.75) is 43.9 Å². The molecule has 1 aliphatic heterocycles. The Morgan fingerprint density at radius 2 is 1.76 bits per heavy atom. The van der Waals surface area contributed by atoms with Crippen LogP contribution in [0.15, 0.2) is 0 Å². The Morgan fingerprint density at radius 1 is 1.24 bits per heavy atom. The van der Waals surface area contributed by atoms with Gasteiger partial charge in [0, 0.05) is 5.92 Å². The lowest BCUT2D eigenvalue weighted by Crippen LogP contribution is -2.58. The maximum atomic E-state index is 10.9. The van der Waals surface area contributed by atoms with Crippen molar-refractivity contribution in [1.29, 1.82) is 0 Å². The molecule has 1 heterocycles. The van der Waals surface area contributed by atoms with E-state index in [0.717, 1.165) is 0 Å². The van der Waals surface area contributed by atoms with E-state index >= 15 is 0 Å². The maximum Gasteiger partial charge on any atom is 0.220 e. The molecule has 6 N–H and O–H groups in total. The molecule has 6 atom stereocenters. The second-order valence-electron chi connectivity index (χ2n) is 4.41. The molecule has 7 heteroatoms. The van der Waals surface area contributed by atoms with Crippen molar-refractivity contribution in [1.82, 2.24) is 0 Å². The third-order valence-corrected chi connectivity index (χ3v) is 3.06. The van der Waals surface area contributed by atoms with Crippen molar-refractivity contribution in [3.63, 3.8) is 0 Å². The van der Waals surface area contributed by atoms with Crippen molar-refractivity contribution in [3.8, 4) is 0 Å². The third kappa shape index (κ3) is 3.14. The van der Waals surface area contributed by atoms with E-state index in [4.69, 9.17) is 15.6 Å². The first-order valence-electron chi connectivity index (χ1n) is 5.48. The van der Waals surface area contributed by atoms with E-state index in [1.807, 2.05) is 0 Å². The summed E-state index contributed by atoms with van der Waals surface area (Å²) < 4.78 is 5.23. The van der Waals surface area contributed by atoms with Crippen molar-refractivity contribution in [3.05, 3.63) is 0 Å². The van der Waals surface area contributed by atoms with Crippen LogP contribution in [-0.2, 0) is 9.53 Å². The van der Waals surface area contributed by atoms with Crippen LogP contribution >= 0.6 is 0 Å². The highest BCUT2D eigenvalue weighted by molar-refractivity contribution is 5.76. The fraction of sp³-hybridized carbons (Fsp3) is 0.900. The van der Waals surface area contributed by atoms with Crippen LogP contribution in [0.5, 0.6) is 0 Å². The quantitative estimate of drug-likeness (QED) is 0.369. The van der Waals surface area contributed by atoms with Crippen LogP contribution in [0.4, 0.5) is 0 Å². The van der Waals surface area contributed by atoms with Gasteiger partial charge in [0.2, 0.25) is 5.91 Å². The van der Waals surface area contributed by atoms with Gasteiger partial charge >= 0.3 is 0 Å². The van der Waals surface area contributed by atoms with Gasteiger partial charge in [-0.05, 0) is 6.42 Å². The summed E-state index contributed by atoms with van der Waals surface area (Å²) in [6, 6.07) is 0. The number of carbonyl (C=O) groups is 1. The predicted octanol–water partition coefficient (Wildman–Crippen LogP) is -2.66. The molecule has 1 fully saturated rings. The number of aliphatic hydroxyl groups is 4. The highest BCUT2D eigenvalue weighted by atomic mass is 16.5. The van der Waals surface area contributed by atoms with Crippen LogP contribution in [0.2, 0.25) is 0 Å². The fourth-order valence-electron chi connectivity index (χ4n) is 1.84. The number of hydrogen-bond donors (Lipinski definition) is 5. The maximum absolute atomic E-state index is 10.9. The minimum Gasteiger partial charge on any atom is -0.394 e. The number of rotatable bonds is 4. The minimum absolute atomic E-state index is 0.122. The number of hydrogen-bond acceptors (Lipinski definition) is 6. The first-order chi connectivity index (χ1) is 7.88. The molecule has 0 aliphatic carbocycles. The minimum atomic E-state index is -1.41. The van der Waals surface area contributed by atoms with Crippen molar-refractivity contribution in [2.75, 3.05) is 6.61 Å². The Morgan fingerprint density at radius 3 is 2.24 bits per heavy atom. The Bertz CT molecular complexity index is 272. The van der Waals surface area contributed by atoms with E-state index in [-0.39, 0.29) is 6.42 Å². The van der Waals surface area contributed by atoms with E-state index in [2.05, 4.69) is 0 Å². The summed E-state index contributed by atoms with van der Waals surface area (Å²) in [5, 5.41) is 37.7. The van der Waals surface area contributed by atoms with Gasteiger partial charge in [-0.1, -0.05) is 6.92 Å². The summed E-state index contributed by atoms with van der Waals surface area (Å²) in [4.78, 5) is 10.9. The summed E-state index contributed by atoms with van der Waals surface area (Å²) in [7, 11) is 0. The Kier molecular flexibility index (Phi) is 4.84. The zero-order valence-corrected chi connectivity index (χ0v) is 9.56. The van der Waals surface area contributed by atoms with Gasteiger partial charge in [0.25, 0.3) is 0 Å². The molecule has 0 aromatic rings. The standard InChI is InChI=1S/C10H19NO6/c1-4(10(11)16)2-5-7(13)9(15)8(14)6(3-12)17-5/h4-9,12-15H,2-3H2,1H3,(H2,11,16). The van der Waals surface area contributed by atoms with E-state index in [1.54, 1.807) is 6.92 Å². The van der Waals surface area contributed by atoms with Gasteiger partial charge in [0.1, 0.15) is 24.4 Å². The van der Waals surface area contributed by atoms with Crippen molar-refractivity contribution >= 4 is 5.91 Å². The van der Waals surface area contributed by atoms with Crippen LogP contribution < -0.4 is 5.73 Å². The van der Waals surface area contributed by atoms with E-state index in [1.165, 1.54) is 0 Å². The number of carbonyl (C=O) groups excluding carboxylic acids is 1. The molecule has 1 aliphatic rings. The molecule has 0 spiro atoms. The van der Waals surface area contributed by atoms with Crippen molar-refractivity contribution < 1.29 is 30.0 Å². The van der Waals surface area contributed by atoms with Gasteiger partial charge in [0.15, 0.2) is 0 Å². The van der Waals surface area contributed by atoms with Gasteiger partial charge in [-0.25, -0.2) is 0 Å². The second kappa shape index (κ2) is 5.74. The molecule has 0 aromatic heterocycles. The molecule has 7 nitrogen and oxygen atoms in total. The molecular weight excluding hydrogens is 230 g/mol. The Hall–Kier alpha value is -0.730. The summed E-state index contributed by atoms with van der Waals surface area (Å²) in [5.74, 6) is -1.07. The SMILES string of the molecule is CC(CC1OC(CO)C(O)C(O)C1O)C(N)=O. The molecule has 1 saturated heterocycles. The number of nitrogens with two attached hydrogens (primary N) is 1. The number of primary amides is 1. The molecule has 17 heavy (non-hydrogen) atoms. The zero-order valence-electron chi connectivity index (χ0n) is 9.56. The van der Waals surface area contributed by atoms with Gasteiger partial charge < -0.3 is 30.9 Å². The third-order valence-electron chi connectivity index (χ3n) is 3.06. The molecule has 0 aromatic carbocycles. The Balaban J connectivity index is 2.68. The zero-order chi connectivity index (χ0) is 13.2. The van der Waals surface area contributed by atoms with Gasteiger partial charge in [-0.15, -0.1) is 0 Å². The van der Waals surface area contributed by atoms with Gasteiger partial charge in [-0.2, -0.15) is 0 Å². The predicted molar refractivity (Wildman–Crippen MR) is 56.7 cm³/mol. The van der Waals surface area contributed by atoms with Crippen molar-refractivity contribution in [2.24, 2.45) is 11.7 Å². The average molecular weight is 249 g/mol. The van der Waals surface area contributed by atoms with Gasteiger partial charge in [0.05, 0.1) is 12.7 Å². The number of aliphatic hydroxyl groups excluding tert-OH is 4. The molecule has 0 radical (unpaired) electrons. The van der Waals surface area contributed by atoms with Crippen LogP contribution in [-0.4, -0.2) is 63.5 Å². The second-order valence-corrected chi connectivity index (χ2v) is 4.41. The van der Waals surface area contributed by atoms with Crippen LogP contribution in [0, 0.1) is 5.92 Å². The largest absolute Gasteiger partial charge is 0.394 e. The molecule has 100 valence electrons.